The lowest BCUT2D eigenvalue weighted by Crippen LogP contribution is -2.04. The van der Waals surface area contributed by atoms with Crippen molar-refractivity contribution in [1.82, 2.24) is 0 Å². The molecule has 0 bridgehead atoms. The van der Waals surface area contributed by atoms with Gasteiger partial charge in [-0.3, -0.25) is 0 Å². The number of rotatable bonds is 1. The average Bonchev–Trinajstić information content (AvgIpc) is 2.55. The summed E-state index contributed by atoms with van der Waals surface area (Å²) in [5, 5.41) is 1.66. The molecule has 0 spiro atoms. The molecule has 0 saturated carbocycles. The predicted molar refractivity (Wildman–Crippen MR) is 88.7 cm³/mol. The van der Waals surface area contributed by atoms with E-state index in [2.05, 4.69) is 0 Å². The quantitative estimate of drug-likeness (QED) is 0.501. The van der Waals surface area contributed by atoms with Crippen molar-refractivity contribution in [2.75, 3.05) is 0 Å². The van der Waals surface area contributed by atoms with Gasteiger partial charge in [-0.1, -0.05) is 30.3 Å². The summed E-state index contributed by atoms with van der Waals surface area (Å²) in [5.41, 5.74) is 1.85. The molecule has 23 heavy (non-hydrogen) atoms. The van der Waals surface area contributed by atoms with E-state index >= 15 is 0 Å². The zero-order valence-electron chi connectivity index (χ0n) is 12.3. The van der Waals surface area contributed by atoms with Gasteiger partial charge in [0.25, 0.3) is 0 Å². The zero-order chi connectivity index (χ0) is 16.0. The molecule has 2 aromatic carbocycles. The second-order valence-electron chi connectivity index (χ2n) is 5.45. The third-order valence-electron chi connectivity index (χ3n) is 3.86. The Morgan fingerprint density at radius 3 is 2.35 bits per heavy atom. The van der Waals surface area contributed by atoms with E-state index in [0.29, 0.717) is 27.9 Å². The molecule has 4 rings (SSSR count). The minimum Gasteiger partial charge on any atom is -0.423 e. The number of hydrogen-bond donors (Lipinski definition) is 0. The highest BCUT2D eigenvalue weighted by Gasteiger charge is 2.10. The van der Waals surface area contributed by atoms with Crippen LogP contribution in [0, 0.1) is 6.92 Å². The SMILES string of the molecule is Cc1cc2ccc(-c3cc4ccccc4oc3=O)cc2oc1=O. The molecule has 4 nitrogen and oxygen atoms in total. The molecule has 0 saturated heterocycles. The Morgan fingerprint density at radius 2 is 1.48 bits per heavy atom. The van der Waals surface area contributed by atoms with Crippen LogP contribution in [0.3, 0.4) is 0 Å². The topological polar surface area (TPSA) is 60.4 Å². The first kappa shape index (κ1) is 13.5. The maximum Gasteiger partial charge on any atom is 0.344 e. The number of benzene rings is 2. The third kappa shape index (κ3) is 2.25. The lowest BCUT2D eigenvalue weighted by molar-refractivity contribution is 0.555. The van der Waals surface area contributed by atoms with E-state index in [-0.39, 0.29) is 5.63 Å². The van der Waals surface area contributed by atoms with Gasteiger partial charge in [-0.25, -0.2) is 9.59 Å². The molecule has 0 aliphatic rings. The molecule has 0 amide bonds. The van der Waals surface area contributed by atoms with Gasteiger partial charge in [0.15, 0.2) is 0 Å². The molecule has 4 aromatic rings. The van der Waals surface area contributed by atoms with Gasteiger partial charge in [-0.2, -0.15) is 0 Å². The van der Waals surface area contributed by atoms with Crippen molar-refractivity contribution in [3.05, 3.63) is 81.0 Å². The van der Waals surface area contributed by atoms with Crippen LogP contribution in [0.5, 0.6) is 0 Å². The maximum atomic E-state index is 12.2. The van der Waals surface area contributed by atoms with Gasteiger partial charge in [0.2, 0.25) is 0 Å². The van der Waals surface area contributed by atoms with Gasteiger partial charge in [0, 0.05) is 16.3 Å². The van der Waals surface area contributed by atoms with E-state index in [1.54, 1.807) is 31.2 Å². The van der Waals surface area contributed by atoms with Crippen LogP contribution in [0.25, 0.3) is 33.1 Å². The summed E-state index contributed by atoms with van der Waals surface area (Å²) in [6.07, 6.45) is 0. The van der Waals surface area contributed by atoms with Crippen molar-refractivity contribution in [1.29, 1.82) is 0 Å². The molecule has 0 N–H and O–H groups in total. The number of aryl methyl sites for hydroxylation is 1. The standard InChI is InChI=1S/C19H12O4/c1-11-8-14-7-6-12(10-17(14)23-18(11)20)15-9-13-4-2-3-5-16(13)22-19(15)21/h2-10H,1H3. The van der Waals surface area contributed by atoms with Crippen LogP contribution in [0.1, 0.15) is 5.56 Å². The zero-order valence-corrected chi connectivity index (χ0v) is 12.3. The predicted octanol–water partition coefficient (Wildman–Crippen LogP) is 3.87. The Bertz CT molecular complexity index is 1170. The number of fused-ring (bicyclic) bond motifs is 2. The van der Waals surface area contributed by atoms with E-state index in [1.165, 1.54) is 0 Å². The van der Waals surface area contributed by atoms with Crippen LogP contribution in [0.4, 0.5) is 0 Å². The molecule has 112 valence electrons. The van der Waals surface area contributed by atoms with Gasteiger partial charge in [-0.15, -0.1) is 0 Å². The summed E-state index contributed by atoms with van der Waals surface area (Å²) in [7, 11) is 0. The van der Waals surface area contributed by atoms with E-state index in [0.717, 1.165) is 10.8 Å². The highest BCUT2D eigenvalue weighted by molar-refractivity contribution is 5.86. The second-order valence-corrected chi connectivity index (χ2v) is 5.45. The van der Waals surface area contributed by atoms with E-state index < -0.39 is 5.63 Å². The summed E-state index contributed by atoms with van der Waals surface area (Å²) < 4.78 is 10.6. The molecule has 4 heteroatoms. The van der Waals surface area contributed by atoms with Crippen molar-refractivity contribution in [3.63, 3.8) is 0 Å². The normalized spacial score (nSPS) is 11.2. The van der Waals surface area contributed by atoms with Gasteiger partial charge in [0.05, 0.1) is 5.56 Å². The van der Waals surface area contributed by atoms with Crippen molar-refractivity contribution in [3.8, 4) is 11.1 Å². The van der Waals surface area contributed by atoms with Crippen LogP contribution < -0.4 is 11.3 Å². The highest BCUT2D eigenvalue weighted by atomic mass is 16.4. The Morgan fingerprint density at radius 1 is 0.739 bits per heavy atom. The van der Waals surface area contributed by atoms with Crippen LogP contribution in [-0.4, -0.2) is 0 Å². The van der Waals surface area contributed by atoms with Crippen molar-refractivity contribution >= 4 is 21.9 Å². The summed E-state index contributed by atoms with van der Waals surface area (Å²) in [6.45, 7) is 1.71. The Kier molecular flexibility index (Phi) is 2.91. The second kappa shape index (κ2) is 4.95. The van der Waals surface area contributed by atoms with Gasteiger partial charge < -0.3 is 8.83 Å². The molecule has 2 heterocycles. The fourth-order valence-electron chi connectivity index (χ4n) is 2.65. The Balaban J connectivity index is 1.98. The number of para-hydroxylation sites is 1. The minimum absolute atomic E-state index is 0.375. The number of hydrogen-bond acceptors (Lipinski definition) is 4. The lowest BCUT2D eigenvalue weighted by atomic mass is 10.0. The monoisotopic (exact) mass is 304 g/mol. The molecular weight excluding hydrogens is 292 g/mol. The van der Waals surface area contributed by atoms with Gasteiger partial charge in [-0.05, 0) is 36.8 Å². The molecule has 0 aliphatic carbocycles. The van der Waals surface area contributed by atoms with Crippen molar-refractivity contribution in [2.24, 2.45) is 0 Å². The van der Waals surface area contributed by atoms with E-state index in [1.807, 2.05) is 30.3 Å². The smallest absolute Gasteiger partial charge is 0.344 e. The molecule has 0 fully saturated rings. The Hall–Kier alpha value is -3.14. The van der Waals surface area contributed by atoms with E-state index in [9.17, 15) is 9.59 Å². The summed E-state index contributed by atoms with van der Waals surface area (Å²) in [6, 6.07) is 16.2. The average molecular weight is 304 g/mol. The van der Waals surface area contributed by atoms with Crippen LogP contribution in [0.15, 0.2) is 73.0 Å². The van der Waals surface area contributed by atoms with Crippen LogP contribution in [0.2, 0.25) is 0 Å². The van der Waals surface area contributed by atoms with Gasteiger partial charge >= 0.3 is 11.3 Å². The summed E-state index contributed by atoms with van der Waals surface area (Å²) in [5.74, 6) is 0. The fraction of sp³-hybridized carbons (Fsp3) is 0.0526. The lowest BCUT2D eigenvalue weighted by Gasteiger charge is -2.04. The van der Waals surface area contributed by atoms with Crippen LogP contribution in [-0.2, 0) is 0 Å². The van der Waals surface area contributed by atoms with Gasteiger partial charge in [0.1, 0.15) is 11.2 Å². The highest BCUT2D eigenvalue weighted by Crippen LogP contribution is 2.24. The molecule has 0 aliphatic heterocycles. The first-order valence-electron chi connectivity index (χ1n) is 7.19. The molecule has 0 unspecified atom stereocenters. The molecular formula is C19H12O4. The maximum absolute atomic E-state index is 12.2. The largest absolute Gasteiger partial charge is 0.423 e. The van der Waals surface area contributed by atoms with Crippen LogP contribution >= 0.6 is 0 Å². The molecule has 2 aromatic heterocycles. The fourth-order valence-corrected chi connectivity index (χ4v) is 2.65. The Labute approximate surface area is 130 Å². The first-order valence-corrected chi connectivity index (χ1v) is 7.19. The van der Waals surface area contributed by atoms with E-state index in [4.69, 9.17) is 8.83 Å². The first-order chi connectivity index (χ1) is 11.1. The summed E-state index contributed by atoms with van der Waals surface area (Å²) >= 11 is 0. The third-order valence-corrected chi connectivity index (χ3v) is 3.86. The molecule has 0 radical (unpaired) electrons. The summed E-state index contributed by atoms with van der Waals surface area (Å²) in [4.78, 5) is 23.9. The van der Waals surface area contributed by atoms with Crippen molar-refractivity contribution in [2.45, 2.75) is 6.92 Å². The molecule has 0 atom stereocenters. The minimum atomic E-state index is -0.419. The van der Waals surface area contributed by atoms with Crippen molar-refractivity contribution < 1.29 is 8.83 Å².